The van der Waals surface area contributed by atoms with E-state index in [4.69, 9.17) is 0 Å². The van der Waals surface area contributed by atoms with E-state index < -0.39 is 0 Å². The van der Waals surface area contributed by atoms with Crippen molar-refractivity contribution in [3.05, 3.63) is 0 Å². The summed E-state index contributed by atoms with van der Waals surface area (Å²) < 4.78 is 0. The van der Waals surface area contributed by atoms with Crippen molar-refractivity contribution in [3.63, 3.8) is 0 Å². The number of hydrogen-bond acceptors (Lipinski definition) is 2. The molecule has 0 aliphatic heterocycles. The van der Waals surface area contributed by atoms with Crippen molar-refractivity contribution in [2.24, 2.45) is 11.3 Å². The molecule has 0 saturated heterocycles. The average molecular weight is 220 g/mol. The summed E-state index contributed by atoms with van der Waals surface area (Å²) >= 11 is 6.57. The second-order valence-electron chi connectivity index (χ2n) is 4.27. The SMILES string of the molecule is CCC(CC)(CS)CSCC(C)C. The highest BCUT2D eigenvalue weighted by atomic mass is 32.2. The van der Waals surface area contributed by atoms with Gasteiger partial charge in [-0.2, -0.15) is 24.4 Å². The largest absolute Gasteiger partial charge is 0.179 e. The molecule has 0 heterocycles. The summed E-state index contributed by atoms with van der Waals surface area (Å²) in [6, 6.07) is 0. The molecule has 0 saturated carbocycles. The lowest BCUT2D eigenvalue weighted by Crippen LogP contribution is -2.24. The number of thioether (sulfide) groups is 1. The number of thiol groups is 1. The molecule has 13 heavy (non-hydrogen) atoms. The van der Waals surface area contributed by atoms with Gasteiger partial charge in [-0.25, -0.2) is 0 Å². The van der Waals surface area contributed by atoms with Gasteiger partial charge in [-0.1, -0.05) is 27.7 Å². The molecular formula is C11H24S2. The van der Waals surface area contributed by atoms with Gasteiger partial charge < -0.3 is 0 Å². The van der Waals surface area contributed by atoms with Gasteiger partial charge in [-0.3, -0.25) is 0 Å². The van der Waals surface area contributed by atoms with Crippen LogP contribution in [-0.4, -0.2) is 17.3 Å². The summed E-state index contributed by atoms with van der Waals surface area (Å²) in [6.07, 6.45) is 2.52. The third kappa shape index (κ3) is 5.21. The Hall–Kier alpha value is 0.700. The summed E-state index contributed by atoms with van der Waals surface area (Å²) in [5, 5.41) is 0. The zero-order chi connectivity index (χ0) is 10.3. The minimum atomic E-state index is 0.489. The molecule has 0 aliphatic carbocycles. The van der Waals surface area contributed by atoms with Crippen LogP contribution < -0.4 is 0 Å². The molecule has 0 aromatic carbocycles. The monoisotopic (exact) mass is 220 g/mol. The first kappa shape index (κ1) is 13.7. The normalized spacial score (nSPS) is 12.5. The summed E-state index contributed by atoms with van der Waals surface area (Å²) in [6.45, 7) is 9.14. The molecule has 2 heteroatoms. The molecule has 0 spiro atoms. The van der Waals surface area contributed by atoms with E-state index in [1.165, 1.54) is 24.3 Å². The molecule has 0 bridgehead atoms. The summed E-state index contributed by atoms with van der Waals surface area (Å²) in [4.78, 5) is 0. The minimum Gasteiger partial charge on any atom is -0.179 e. The van der Waals surface area contributed by atoms with Crippen LogP contribution in [0, 0.1) is 11.3 Å². The highest BCUT2D eigenvalue weighted by Crippen LogP contribution is 2.32. The fourth-order valence-electron chi connectivity index (χ4n) is 1.23. The molecule has 0 rings (SSSR count). The van der Waals surface area contributed by atoms with Crippen LogP contribution in [0.4, 0.5) is 0 Å². The van der Waals surface area contributed by atoms with Crippen LogP contribution >= 0.6 is 24.4 Å². The lowest BCUT2D eigenvalue weighted by molar-refractivity contribution is 0.357. The van der Waals surface area contributed by atoms with E-state index in [1.807, 2.05) is 0 Å². The maximum absolute atomic E-state index is 4.47. The van der Waals surface area contributed by atoms with Crippen LogP contribution in [0.1, 0.15) is 40.5 Å². The van der Waals surface area contributed by atoms with Crippen molar-refractivity contribution in [2.75, 3.05) is 17.3 Å². The molecule has 0 aliphatic rings. The molecular weight excluding hydrogens is 196 g/mol. The van der Waals surface area contributed by atoms with Crippen molar-refractivity contribution in [2.45, 2.75) is 40.5 Å². The third-order valence-corrected chi connectivity index (χ3v) is 5.08. The standard InChI is InChI=1S/C11H24S2/c1-5-11(6-2,8-12)9-13-7-10(3)4/h10,12H,5-9H2,1-4H3. The van der Waals surface area contributed by atoms with Gasteiger partial charge >= 0.3 is 0 Å². The van der Waals surface area contributed by atoms with Gasteiger partial charge in [-0.05, 0) is 41.4 Å². The Morgan fingerprint density at radius 3 is 2.08 bits per heavy atom. The first-order valence-corrected chi connectivity index (χ1v) is 7.07. The highest BCUT2D eigenvalue weighted by Gasteiger charge is 2.23. The van der Waals surface area contributed by atoms with Crippen LogP contribution in [0.15, 0.2) is 0 Å². The van der Waals surface area contributed by atoms with Gasteiger partial charge in [0.2, 0.25) is 0 Å². The van der Waals surface area contributed by atoms with E-state index in [0.29, 0.717) is 5.41 Å². The molecule has 0 amide bonds. The van der Waals surface area contributed by atoms with Crippen LogP contribution in [0.3, 0.4) is 0 Å². The van der Waals surface area contributed by atoms with E-state index in [0.717, 1.165) is 11.7 Å². The van der Waals surface area contributed by atoms with Gasteiger partial charge in [0, 0.05) is 0 Å². The second kappa shape index (κ2) is 7.05. The molecule has 0 N–H and O–H groups in total. The fraction of sp³-hybridized carbons (Fsp3) is 1.00. The molecule has 80 valence electrons. The maximum Gasteiger partial charge on any atom is -0.000310 e. The van der Waals surface area contributed by atoms with Crippen molar-refractivity contribution in [3.8, 4) is 0 Å². The first-order chi connectivity index (χ1) is 6.10. The number of hydrogen-bond donors (Lipinski definition) is 1. The molecule has 0 aromatic heterocycles. The highest BCUT2D eigenvalue weighted by molar-refractivity contribution is 7.99. The molecule has 0 atom stereocenters. The average Bonchev–Trinajstić information content (AvgIpc) is 2.13. The van der Waals surface area contributed by atoms with E-state index in [9.17, 15) is 0 Å². The molecule has 0 radical (unpaired) electrons. The first-order valence-electron chi connectivity index (χ1n) is 5.28. The Labute approximate surface area is 93.7 Å². The number of rotatable bonds is 7. The second-order valence-corrected chi connectivity index (χ2v) is 5.62. The molecule has 0 nitrogen and oxygen atoms in total. The van der Waals surface area contributed by atoms with Crippen LogP contribution in [0.5, 0.6) is 0 Å². The third-order valence-electron chi connectivity index (χ3n) is 2.69. The quantitative estimate of drug-likeness (QED) is 0.630. The van der Waals surface area contributed by atoms with Crippen molar-refractivity contribution >= 4 is 24.4 Å². The zero-order valence-corrected chi connectivity index (χ0v) is 11.2. The van der Waals surface area contributed by atoms with E-state index >= 15 is 0 Å². The lowest BCUT2D eigenvalue weighted by Gasteiger charge is -2.29. The zero-order valence-electron chi connectivity index (χ0n) is 9.47. The van der Waals surface area contributed by atoms with Crippen molar-refractivity contribution in [1.29, 1.82) is 0 Å². The minimum absolute atomic E-state index is 0.489. The Kier molecular flexibility index (Phi) is 7.43. The van der Waals surface area contributed by atoms with Gasteiger partial charge in [0.15, 0.2) is 0 Å². The van der Waals surface area contributed by atoms with Gasteiger partial charge in [0.25, 0.3) is 0 Å². The van der Waals surface area contributed by atoms with Gasteiger partial charge in [-0.15, -0.1) is 0 Å². The molecule has 0 unspecified atom stereocenters. The smallest absolute Gasteiger partial charge is 0.000310 e. The van der Waals surface area contributed by atoms with E-state index in [2.05, 4.69) is 52.1 Å². The maximum atomic E-state index is 4.47. The Morgan fingerprint density at radius 2 is 1.77 bits per heavy atom. The Balaban J connectivity index is 3.81. The summed E-state index contributed by atoms with van der Waals surface area (Å²) in [5.41, 5.74) is 0.489. The molecule has 0 fully saturated rings. The predicted molar refractivity (Wildman–Crippen MR) is 69.0 cm³/mol. The Bertz CT molecular complexity index is 109. The van der Waals surface area contributed by atoms with Gasteiger partial charge in [0.05, 0.1) is 0 Å². The van der Waals surface area contributed by atoms with Crippen LogP contribution in [0.2, 0.25) is 0 Å². The van der Waals surface area contributed by atoms with Gasteiger partial charge in [0.1, 0.15) is 0 Å². The molecule has 0 aromatic rings. The lowest BCUT2D eigenvalue weighted by atomic mass is 9.87. The van der Waals surface area contributed by atoms with E-state index in [-0.39, 0.29) is 0 Å². The Morgan fingerprint density at radius 1 is 1.23 bits per heavy atom. The van der Waals surface area contributed by atoms with Crippen LogP contribution in [-0.2, 0) is 0 Å². The fourth-order valence-corrected chi connectivity index (χ4v) is 3.48. The van der Waals surface area contributed by atoms with Crippen molar-refractivity contribution in [1.82, 2.24) is 0 Å². The van der Waals surface area contributed by atoms with E-state index in [1.54, 1.807) is 0 Å². The summed E-state index contributed by atoms with van der Waals surface area (Å²) in [5.74, 6) is 4.42. The topological polar surface area (TPSA) is 0 Å². The predicted octanol–water partition coefficient (Wildman–Crippen LogP) is 4.11. The van der Waals surface area contributed by atoms with Crippen LogP contribution in [0.25, 0.3) is 0 Å². The summed E-state index contributed by atoms with van der Waals surface area (Å²) in [7, 11) is 0. The van der Waals surface area contributed by atoms with Crippen molar-refractivity contribution < 1.29 is 0 Å².